The Bertz CT molecular complexity index is 466. The third-order valence-corrected chi connectivity index (χ3v) is 3.95. The van der Waals surface area contributed by atoms with E-state index in [0.717, 1.165) is 25.1 Å². The fourth-order valence-electron chi connectivity index (χ4n) is 2.95. The van der Waals surface area contributed by atoms with Gasteiger partial charge in [-0.1, -0.05) is 18.6 Å². The summed E-state index contributed by atoms with van der Waals surface area (Å²) in [5, 5.41) is 2.91. The smallest absolute Gasteiger partial charge is 0.242 e. The Labute approximate surface area is 107 Å². The van der Waals surface area contributed by atoms with Crippen LogP contribution in [0.5, 0.6) is 0 Å². The minimum atomic E-state index is -0.0420. The summed E-state index contributed by atoms with van der Waals surface area (Å²) in [6.45, 7) is 2.04. The molecule has 4 heteroatoms. The van der Waals surface area contributed by atoms with Crippen LogP contribution in [0.15, 0.2) is 18.2 Å². The minimum absolute atomic E-state index is 0.0420. The molecule has 1 fully saturated rings. The monoisotopic (exact) mass is 244 g/mol. The zero-order chi connectivity index (χ0) is 12.5. The number of amides is 1. The summed E-state index contributed by atoms with van der Waals surface area (Å²) < 4.78 is 0. The molecule has 95 valence electrons. The van der Waals surface area contributed by atoms with Crippen LogP contribution in [0.2, 0.25) is 0 Å². The molecule has 0 aliphatic carbocycles. The first-order chi connectivity index (χ1) is 8.75. The molecule has 0 bridgehead atoms. The normalized spacial score (nSPS) is 24.4. The van der Waals surface area contributed by atoms with Gasteiger partial charge in [-0.05, 0) is 44.0 Å². The summed E-state index contributed by atoms with van der Waals surface area (Å²) in [7, 11) is 0. The number of piperidine rings is 1. The fraction of sp³-hybridized carbons (Fsp3) is 0.500. The topological polar surface area (TPSA) is 56.1 Å². The zero-order valence-corrected chi connectivity index (χ0v) is 10.4. The molecule has 2 N–H and O–H groups in total. The lowest BCUT2D eigenvalue weighted by Crippen LogP contribution is -2.49. The number of nitrogens with zero attached hydrogens (tertiary/aromatic N) is 1. The van der Waals surface area contributed by atoms with E-state index in [-0.39, 0.29) is 11.9 Å². The van der Waals surface area contributed by atoms with Gasteiger partial charge in [0, 0.05) is 0 Å². The van der Waals surface area contributed by atoms with E-state index in [1.54, 1.807) is 6.07 Å². The van der Waals surface area contributed by atoms with Crippen molar-refractivity contribution in [1.82, 2.24) is 10.6 Å². The van der Waals surface area contributed by atoms with Gasteiger partial charge in [-0.25, -0.2) is 0 Å². The second-order valence-corrected chi connectivity index (χ2v) is 5.15. The van der Waals surface area contributed by atoms with Crippen molar-refractivity contribution in [3.8, 4) is 0 Å². The summed E-state index contributed by atoms with van der Waals surface area (Å²) in [6, 6.07) is 5.59. The Hall–Kier alpha value is -1.55. The molecule has 1 aromatic carbocycles. The highest BCUT2D eigenvalue weighted by atomic mass is 16.2. The van der Waals surface area contributed by atoms with Gasteiger partial charge < -0.3 is 5.32 Å². The molecule has 1 amide bonds. The van der Waals surface area contributed by atoms with Crippen molar-refractivity contribution in [3.05, 3.63) is 23.8 Å². The molecule has 1 radical (unpaired) electrons. The number of likely N-dealkylation sites (tertiary alicyclic amines) is 1. The summed E-state index contributed by atoms with van der Waals surface area (Å²) in [5.41, 5.74) is 10.0. The second-order valence-electron chi connectivity index (χ2n) is 5.15. The molecule has 1 saturated heterocycles. The number of nitrogens with one attached hydrogen (secondary N) is 2. The third-order valence-electron chi connectivity index (χ3n) is 3.95. The van der Waals surface area contributed by atoms with Crippen LogP contribution < -0.4 is 11.1 Å². The van der Waals surface area contributed by atoms with E-state index in [0.29, 0.717) is 11.4 Å². The number of carbonyl (C=O) groups is 1. The maximum atomic E-state index is 12.2. The van der Waals surface area contributed by atoms with Crippen molar-refractivity contribution in [2.24, 2.45) is 0 Å². The standard InChI is InChI=1S/C14H18N3O/c15-11-6-4-5-10-9-12(14(18)16-13(10)11)17-7-2-1-3-8-17/h4-6,12,15H,1-3,7-9H2,(H,16,18). The maximum Gasteiger partial charge on any atom is 0.242 e. The number of anilines is 1. The lowest BCUT2D eigenvalue weighted by Gasteiger charge is -2.36. The highest BCUT2D eigenvalue weighted by Crippen LogP contribution is 2.31. The van der Waals surface area contributed by atoms with E-state index in [9.17, 15) is 4.79 Å². The fourth-order valence-corrected chi connectivity index (χ4v) is 2.95. The van der Waals surface area contributed by atoms with Gasteiger partial charge in [0.15, 0.2) is 0 Å². The summed E-state index contributed by atoms with van der Waals surface area (Å²) >= 11 is 0. The van der Waals surface area contributed by atoms with Crippen molar-refractivity contribution >= 4 is 17.3 Å². The second kappa shape index (κ2) is 4.61. The Balaban J connectivity index is 1.85. The number of hydrogen-bond donors (Lipinski definition) is 1. The lowest BCUT2D eigenvalue weighted by atomic mass is 9.95. The molecule has 1 unspecified atom stereocenters. The van der Waals surface area contributed by atoms with E-state index in [1.165, 1.54) is 19.3 Å². The average Bonchev–Trinajstić information content (AvgIpc) is 2.40. The molecule has 4 nitrogen and oxygen atoms in total. The van der Waals surface area contributed by atoms with Crippen LogP contribution in [-0.2, 0) is 11.2 Å². The molecule has 0 spiro atoms. The van der Waals surface area contributed by atoms with E-state index in [1.807, 2.05) is 12.1 Å². The predicted molar refractivity (Wildman–Crippen MR) is 70.7 cm³/mol. The Morgan fingerprint density at radius 2 is 2.00 bits per heavy atom. The van der Waals surface area contributed by atoms with E-state index in [4.69, 9.17) is 5.73 Å². The number of carbonyl (C=O) groups excluding carboxylic acids is 1. The minimum Gasteiger partial charge on any atom is -0.323 e. The zero-order valence-electron chi connectivity index (χ0n) is 10.4. The lowest BCUT2D eigenvalue weighted by molar-refractivity contribution is -0.122. The molecule has 0 saturated carbocycles. The van der Waals surface area contributed by atoms with Crippen LogP contribution in [0.1, 0.15) is 24.8 Å². The Morgan fingerprint density at radius 3 is 2.78 bits per heavy atom. The van der Waals surface area contributed by atoms with Crippen LogP contribution >= 0.6 is 0 Å². The van der Waals surface area contributed by atoms with E-state index < -0.39 is 0 Å². The van der Waals surface area contributed by atoms with E-state index >= 15 is 0 Å². The van der Waals surface area contributed by atoms with Gasteiger partial charge in [0.2, 0.25) is 5.91 Å². The molecule has 2 aliphatic heterocycles. The Kier molecular flexibility index (Phi) is 2.96. The quantitative estimate of drug-likeness (QED) is 0.821. The van der Waals surface area contributed by atoms with Crippen molar-refractivity contribution in [2.75, 3.05) is 18.4 Å². The Morgan fingerprint density at radius 1 is 1.22 bits per heavy atom. The molecule has 1 aromatic rings. The van der Waals surface area contributed by atoms with Gasteiger partial charge in [-0.15, -0.1) is 0 Å². The highest BCUT2D eigenvalue weighted by molar-refractivity contribution is 6.00. The van der Waals surface area contributed by atoms with E-state index in [2.05, 4.69) is 10.2 Å². The van der Waals surface area contributed by atoms with Crippen LogP contribution in [0, 0.1) is 0 Å². The van der Waals surface area contributed by atoms with Gasteiger partial charge in [0.25, 0.3) is 0 Å². The number of benzene rings is 1. The molecule has 1 atom stereocenters. The summed E-state index contributed by atoms with van der Waals surface area (Å²) in [6.07, 6.45) is 4.40. The van der Waals surface area contributed by atoms with Crippen molar-refractivity contribution in [2.45, 2.75) is 31.7 Å². The maximum absolute atomic E-state index is 12.2. The molecular formula is C14H18N3O. The van der Waals surface area contributed by atoms with Gasteiger partial charge in [-0.3, -0.25) is 15.4 Å². The SMILES string of the molecule is [NH]c1cccc2c1NC(=O)C(N1CCCCC1)C2. The molecule has 2 heterocycles. The first-order valence-corrected chi connectivity index (χ1v) is 6.64. The van der Waals surface area contributed by atoms with Gasteiger partial charge in [0.05, 0.1) is 17.4 Å². The van der Waals surface area contributed by atoms with Gasteiger partial charge in [-0.2, -0.15) is 0 Å². The van der Waals surface area contributed by atoms with Gasteiger partial charge >= 0.3 is 0 Å². The summed E-state index contributed by atoms with van der Waals surface area (Å²) in [5.74, 6) is 0.0594. The van der Waals surface area contributed by atoms with Crippen LogP contribution in [0.4, 0.5) is 11.4 Å². The largest absolute Gasteiger partial charge is 0.323 e. The van der Waals surface area contributed by atoms with Crippen LogP contribution in [-0.4, -0.2) is 29.9 Å². The van der Waals surface area contributed by atoms with Crippen LogP contribution in [0.3, 0.4) is 0 Å². The summed E-state index contributed by atoms with van der Waals surface area (Å²) in [4.78, 5) is 14.5. The average molecular weight is 244 g/mol. The van der Waals surface area contributed by atoms with Crippen molar-refractivity contribution < 1.29 is 4.79 Å². The predicted octanol–water partition coefficient (Wildman–Crippen LogP) is 1.95. The molecular weight excluding hydrogens is 226 g/mol. The van der Waals surface area contributed by atoms with Crippen LogP contribution in [0.25, 0.3) is 0 Å². The first kappa shape index (κ1) is 11.5. The first-order valence-electron chi connectivity index (χ1n) is 6.64. The molecule has 2 aliphatic rings. The highest BCUT2D eigenvalue weighted by Gasteiger charge is 2.32. The molecule has 0 aromatic heterocycles. The van der Waals surface area contributed by atoms with Gasteiger partial charge in [0.1, 0.15) is 0 Å². The van der Waals surface area contributed by atoms with Crippen molar-refractivity contribution in [3.63, 3.8) is 0 Å². The molecule has 18 heavy (non-hydrogen) atoms. The molecule has 3 rings (SSSR count). The number of fused-ring (bicyclic) bond motifs is 1. The number of para-hydroxylation sites is 1. The number of rotatable bonds is 1. The number of hydrogen-bond acceptors (Lipinski definition) is 2. The van der Waals surface area contributed by atoms with Crippen molar-refractivity contribution in [1.29, 1.82) is 0 Å². The third kappa shape index (κ3) is 1.97.